The van der Waals surface area contributed by atoms with Crippen molar-refractivity contribution in [2.45, 2.75) is 90.9 Å². The number of carbonyl (C=O) groups is 2. The van der Waals surface area contributed by atoms with Gasteiger partial charge in [-0.15, -0.1) is 0 Å². The third-order valence-electron chi connectivity index (χ3n) is 10.5. The van der Waals surface area contributed by atoms with Gasteiger partial charge in [-0.3, -0.25) is 4.99 Å². The van der Waals surface area contributed by atoms with Crippen LogP contribution < -0.4 is 18.9 Å². The average molecular weight is 886 g/mol. The third-order valence-corrected chi connectivity index (χ3v) is 10.5. The minimum Gasteiger partial charge on any atom is -0.494 e. The van der Waals surface area contributed by atoms with Gasteiger partial charge in [-0.05, 0) is 146 Å². The van der Waals surface area contributed by atoms with Gasteiger partial charge < -0.3 is 18.9 Å². The van der Waals surface area contributed by atoms with Crippen molar-refractivity contribution in [3.63, 3.8) is 0 Å². The lowest BCUT2D eigenvalue weighted by Gasteiger charge is -2.06. The molecule has 0 saturated carbocycles. The van der Waals surface area contributed by atoms with Crippen LogP contribution >= 0.6 is 0 Å². The van der Waals surface area contributed by atoms with Crippen LogP contribution in [0.3, 0.4) is 0 Å². The molecule has 0 heterocycles. The van der Waals surface area contributed by atoms with Gasteiger partial charge in [0, 0.05) is 6.21 Å². The van der Waals surface area contributed by atoms with E-state index in [-0.39, 0.29) is 0 Å². The highest BCUT2D eigenvalue weighted by atomic mass is 16.5. The smallest absolute Gasteiger partial charge is 0.343 e. The first-order chi connectivity index (χ1) is 32.4. The number of esters is 2. The van der Waals surface area contributed by atoms with E-state index >= 15 is 0 Å². The molecular formula is C55H59N5O6. The van der Waals surface area contributed by atoms with Gasteiger partial charge in [-0.25, -0.2) is 9.59 Å². The maximum atomic E-state index is 13.0. The number of benzene rings is 6. The Balaban J connectivity index is 0.909. The molecule has 0 saturated heterocycles. The summed E-state index contributed by atoms with van der Waals surface area (Å²) in [7, 11) is 0. The van der Waals surface area contributed by atoms with Crippen LogP contribution in [0.2, 0.25) is 0 Å². The predicted octanol–water partition coefficient (Wildman–Crippen LogP) is 16.2. The maximum Gasteiger partial charge on any atom is 0.343 e. The lowest BCUT2D eigenvalue weighted by atomic mass is 10.1. The van der Waals surface area contributed by atoms with Gasteiger partial charge >= 0.3 is 11.9 Å². The zero-order valence-corrected chi connectivity index (χ0v) is 38.0. The van der Waals surface area contributed by atoms with E-state index in [0.717, 1.165) is 29.9 Å². The SMILES string of the molecule is CCCCCCCCOc1ccc(N=Nc2ccc(OC(=O)c3ccc(C=Nc4cccc(C(=O)Oc5ccc(N=Nc6ccc(OCCCCCCCC)cc6)cc5)c4)cc3)cc2)cc1. The van der Waals surface area contributed by atoms with Gasteiger partial charge in [0.1, 0.15) is 23.0 Å². The van der Waals surface area contributed by atoms with Crippen molar-refractivity contribution in [3.05, 3.63) is 162 Å². The summed E-state index contributed by atoms with van der Waals surface area (Å²) in [5.74, 6) is 1.38. The summed E-state index contributed by atoms with van der Waals surface area (Å²) in [5, 5.41) is 17.2. The summed E-state index contributed by atoms with van der Waals surface area (Å²) in [6.45, 7) is 5.87. The Kier molecular flexibility index (Phi) is 19.8. The Morgan fingerprint density at radius 3 is 1.24 bits per heavy atom. The molecule has 0 fully saturated rings. The normalized spacial score (nSPS) is 11.4. The van der Waals surface area contributed by atoms with Crippen LogP contribution in [0.15, 0.2) is 171 Å². The fraction of sp³-hybridized carbons (Fsp3) is 0.291. The van der Waals surface area contributed by atoms with Crippen LogP contribution in [0.25, 0.3) is 0 Å². The highest BCUT2D eigenvalue weighted by molar-refractivity contribution is 5.93. The Labute approximate surface area is 388 Å². The van der Waals surface area contributed by atoms with Crippen molar-refractivity contribution >= 4 is 46.6 Å². The standard InChI is InChI=1S/C55H59N5O6/c1-3-5-7-9-11-13-38-63-50-30-22-45(23-31-50)57-59-47-26-34-52(35-27-47)65-54(61)43-20-18-42(19-21-43)41-56-49-17-15-16-44(40-49)55(62)66-53-36-28-48(29-37-53)60-58-46-24-32-51(33-25-46)64-39-14-12-10-8-6-4-2/h15-37,40-41H,3-14,38-39H2,1-2H3. The molecule has 6 aromatic carbocycles. The maximum absolute atomic E-state index is 13.0. The van der Waals surface area contributed by atoms with Crippen molar-refractivity contribution in [3.8, 4) is 23.0 Å². The molecule has 66 heavy (non-hydrogen) atoms. The molecule has 0 aromatic heterocycles. The molecule has 6 rings (SSSR count). The Bertz CT molecular complexity index is 2470. The molecule has 0 spiro atoms. The van der Waals surface area contributed by atoms with Crippen molar-refractivity contribution in [2.75, 3.05) is 13.2 Å². The number of rotatable bonds is 26. The summed E-state index contributed by atoms with van der Waals surface area (Å²) in [4.78, 5) is 30.4. The van der Waals surface area contributed by atoms with E-state index < -0.39 is 11.9 Å². The number of ether oxygens (including phenoxy) is 4. The summed E-state index contributed by atoms with van der Waals surface area (Å²) in [6.07, 6.45) is 16.4. The van der Waals surface area contributed by atoms with Gasteiger partial charge in [0.25, 0.3) is 0 Å². The minimum atomic E-state index is -0.521. The molecule has 0 radical (unpaired) electrons. The zero-order valence-electron chi connectivity index (χ0n) is 38.0. The minimum absolute atomic E-state index is 0.344. The predicted molar refractivity (Wildman–Crippen MR) is 262 cm³/mol. The molecule has 0 amide bonds. The first-order valence-electron chi connectivity index (χ1n) is 23.1. The first kappa shape index (κ1) is 48.2. The van der Waals surface area contributed by atoms with Gasteiger partial charge in [0.2, 0.25) is 0 Å². The number of hydrogen-bond donors (Lipinski definition) is 0. The van der Waals surface area contributed by atoms with Crippen LogP contribution in [0.1, 0.15) is 117 Å². The quantitative estimate of drug-likeness (QED) is 0.0175. The Morgan fingerprint density at radius 2 is 0.803 bits per heavy atom. The number of carbonyl (C=O) groups excluding carboxylic acids is 2. The van der Waals surface area contributed by atoms with Crippen LogP contribution in [-0.2, 0) is 0 Å². The van der Waals surface area contributed by atoms with E-state index in [1.807, 2.05) is 48.5 Å². The van der Waals surface area contributed by atoms with Gasteiger partial charge in [-0.1, -0.05) is 96.3 Å². The van der Waals surface area contributed by atoms with E-state index in [9.17, 15) is 9.59 Å². The van der Waals surface area contributed by atoms with Crippen LogP contribution in [0, 0.1) is 0 Å². The lowest BCUT2D eigenvalue weighted by Crippen LogP contribution is -2.08. The van der Waals surface area contributed by atoms with Crippen LogP contribution in [-0.4, -0.2) is 31.4 Å². The molecule has 6 aromatic rings. The lowest BCUT2D eigenvalue weighted by molar-refractivity contribution is 0.0725. The molecule has 0 unspecified atom stereocenters. The van der Waals surface area contributed by atoms with Crippen LogP contribution in [0.4, 0.5) is 28.4 Å². The number of aliphatic imine (C=N–C) groups is 1. The van der Waals surface area contributed by atoms with Gasteiger partial charge in [-0.2, -0.15) is 20.5 Å². The Hall–Kier alpha value is -7.27. The second-order valence-corrected chi connectivity index (χ2v) is 15.8. The van der Waals surface area contributed by atoms with Crippen molar-refractivity contribution in [1.82, 2.24) is 0 Å². The zero-order chi connectivity index (χ0) is 46.0. The van der Waals surface area contributed by atoms with Crippen molar-refractivity contribution in [1.29, 1.82) is 0 Å². The van der Waals surface area contributed by atoms with Crippen molar-refractivity contribution in [2.24, 2.45) is 25.4 Å². The molecule has 0 aliphatic rings. The molecule has 11 nitrogen and oxygen atoms in total. The number of unbranched alkanes of at least 4 members (excludes halogenated alkanes) is 10. The summed E-state index contributed by atoms with van der Waals surface area (Å²) in [5.41, 5.74) is 4.70. The molecular weight excluding hydrogens is 827 g/mol. The van der Waals surface area contributed by atoms with E-state index in [1.54, 1.807) is 103 Å². The third kappa shape index (κ3) is 17.0. The summed E-state index contributed by atoms with van der Waals surface area (Å²) < 4.78 is 22.9. The highest BCUT2D eigenvalue weighted by Gasteiger charge is 2.11. The van der Waals surface area contributed by atoms with Crippen LogP contribution in [0.5, 0.6) is 23.0 Å². The first-order valence-corrected chi connectivity index (χ1v) is 23.1. The molecule has 0 N–H and O–H groups in total. The molecule has 0 aliphatic carbocycles. The second kappa shape index (κ2) is 27.1. The fourth-order valence-corrected chi connectivity index (χ4v) is 6.65. The number of azo groups is 2. The molecule has 11 heteroatoms. The molecule has 0 aliphatic heterocycles. The summed E-state index contributed by atoms with van der Waals surface area (Å²) >= 11 is 0. The second-order valence-electron chi connectivity index (χ2n) is 15.8. The van der Waals surface area contributed by atoms with E-state index in [2.05, 4.69) is 39.3 Å². The number of nitrogens with zero attached hydrogens (tertiary/aromatic N) is 5. The molecule has 340 valence electrons. The van der Waals surface area contributed by atoms with Gasteiger partial charge in [0.05, 0.1) is 52.8 Å². The Morgan fingerprint density at radius 1 is 0.409 bits per heavy atom. The topological polar surface area (TPSA) is 133 Å². The largest absolute Gasteiger partial charge is 0.494 e. The summed E-state index contributed by atoms with van der Waals surface area (Å²) in [6, 6.07) is 42.4. The van der Waals surface area contributed by atoms with Crippen molar-refractivity contribution < 1.29 is 28.5 Å². The molecule has 0 bridgehead atoms. The fourth-order valence-electron chi connectivity index (χ4n) is 6.65. The highest BCUT2D eigenvalue weighted by Crippen LogP contribution is 2.26. The van der Waals surface area contributed by atoms with Gasteiger partial charge in [0.15, 0.2) is 0 Å². The van der Waals surface area contributed by atoms with E-state index in [1.165, 1.54) is 64.2 Å². The molecule has 0 atom stereocenters. The van der Waals surface area contributed by atoms with E-state index in [4.69, 9.17) is 18.9 Å². The monoisotopic (exact) mass is 885 g/mol. The number of hydrogen-bond acceptors (Lipinski definition) is 11. The average Bonchev–Trinajstić information content (AvgIpc) is 3.35. The van der Waals surface area contributed by atoms with E-state index in [0.29, 0.717) is 64.3 Å².